The predicted molar refractivity (Wildman–Crippen MR) is 84.8 cm³/mol. The number of carbonyl (C=O) groups excluding carboxylic acids is 1. The molecule has 2 aromatic rings. The van der Waals surface area contributed by atoms with Gasteiger partial charge in [0.05, 0.1) is 14.2 Å². The van der Waals surface area contributed by atoms with Crippen LogP contribution in [0.3, 0.4) is 0 Å². The Bertz CT molecular complexity index is 631. The first-order valence-corrected chi connectivity index (χ1v) is 7.36. The molecule has 0 bridgehead atoms. The number of benzene rings is 2. The molecule has 20 heavy (non-hydrogen) atoms. The van der Waals surface area contributed by atoms with E-state index in [9.17, 15) is 4.79 Å². The topological polar surface area (TPSA) is 35.5 Å². The van der Waals surface area contributed by atoms with Crippen molar-refractivity contribution in [1.29, 1.82) is 0 Å². The third-order valence-corrected chi connectivity index (χ3v) is 3.97. The van der Waals surface area contributed by atoms with E-state index in [2.05, 4.69) is 31.9 Å². The monoisotopic (exact) mass is 398 g/mol. The molecule has 0 radical (unpaired) electrons. The van der Waals surface area contributed by atoms with Gasteiger partial charge >= 0.3 is 0 Å². The maximum Gasteiger partial charge on any atom is 0.194 e. The number of carbonyl (C=O) groups is 1. The Morgan fingerprint density at radius 2 is 1.55 bits per heavy atom. The maximum atomic E-state index is 12.6. The molecule has 2 aromatic carbocycles. The fourth-order valence-electron chi connectivity index (χ4n) is 1.77. The second-order valence-electron chi connectivity index (χ2n) is 4.05. The molecule has 5 heteroatoms. The lowest BCUT2D eigenvalue weighted by Crippen LogP contribution is -2.03. The number of ketones is 1. The summed E-state index contributed by atoms with van der Waals surface area (Å²) in [7, 11) is 3.11. The molecule has 0 saturated heterocycles. The molecule has 3 nitrogen and oxygen atoms in total. The zero-order valence-corrected chi connectivity index (χ0v) is 14.1. The van der Waals surface area contributed by atoms with E-state index in [-0.39, 0.29) is 5.78 Å². The Morgan fingerprint density at radius 1 is 0.950 bits per heavy atom. The number of hydrogen-bond acceptors (Lipinski definition) is 3. The molecular formula is C15H12Br2O3. The van der Waals surface area contributed by atoms with Crippen LogP contribution in [-0.2, 0) is 0 Å². The van der Waals surface area contributed by atoms with Crippen molar-refractivity contribution in [2.45, 2.75) is 0 Å². The van der Waals surface area contributed by atoms with Gasteiger partial charge in [-0.25, -0.2) is 0 Å². The molecule has 0 fully saturated rings. The molecule has 2 rings (SSSR count). The van der Waals surface area contributed by atoms with Crippen LogP contribution in [0, 0.1) is 0 Å². The molecule has 0 atom stereocenters. The molecule has 0 aliphatic heterocycles. The van der Waals surface area contributed by atoms with Crippen LogP contribution in [0.4, 0.5) is 0 Å². The molecule has 0 aliphatic rings. The number of hydrogen-bond donors (Lipinski definition) is 0. The quantitative estimate of drug-likeness (QED) is 0.712. The van der Waals surface area contributed by atoms with Gasteiger partial charge in [-0.15, -0.1) is 0 Å². The smallest absolute Gasteiger partial charge is 0.194 e. The normalized spacial score (nSPS) is 10.2. The average molecular weight is 400 g/mol. The van der Waals surface area contributed by atoms with Gasteiger partial charge in [0, 0.05) is 26.1 Å². The molecule has 0 N–H and O–H groups in total. The first-order chi connectivity index (χ1) is 9.55. The van der Waals surface area contributed by atoms with Crippen molar-refractivity contribution in [3.05, 3.63) is 56.5 Å². The van der Waals surface area contributed by atoms with Crippen molar-refractivity contribution in [3.63, 3.8) is 0 Å². The first kappa shape index (κ1) is 15.1. The summed E-state index contributed by atoms with van der Waals surface area (Å²) < 4.78 is 12.0. The minimum absolute atomic E-state index is 0.102. The zero-order chi connectivity index (χ0) is 14.7. The van der Waals surface area contributed by atoms with Crippen molar-refractivity contribution in [2.75, 3.05) is 14.2 Å². The number of rotatable bonds is 4. The summed E-state index contributed by atoms with van der Waals surface area (Å²) in [5.41, 5.74) is 1.09. The third kappa shape index (κ3) is 3.22. The minimum Gasteiger partial charge on any atom is -0.497 e. The largest absolute Gasteiger partial charge is 0.497 e. The van der Waals surface area contributed by atoms with E-state index in [4.69, 9.17) is 9.47 Å². The van der Waals surface area contributed by atoms with E-state index in [0.717, 1.165) is 8.95 Å². The fraction of sp³-hybridized carbons (Fsp3) is 0.133. The highest BCUT2D eigenvalue weighted by Crippen LogP contribution is 2.28. The van der Waals surface area contributed by atoms with E-state index >= 15 is 0 Å². The Balaban J connectivity index is 2.50. The first-order valence-electron chi connectivity index (χ1n) is 5.78. The summed E-state index contributed by atoms with van der Waals surface area (Å²) in [6, 6.07) is 10.6. The average Bonchev–Trinajstić information content (AvgIpc) is 2.48. The van der Waals surface area contributed by atoms with Crippen molar-refractivity contribution in [2.24, 2.45) is 0 Å². The summed E-state index contributed by atoms with van der Waals surface area (Å²) >= 11 is 6.77. The summed E-state index contributed by atoms with van der Waals surface area (Å²) in [4.78, 5) is 12.6. The number of ether oxygens (including phenoxy) is 2. The van der Waals surface area contributed by atoms with Crippen molar-refractivity contribution in [3.8, 4) is 11.5 Å². The second kappa shape index (κ2) is 6.41. The summed E-state index contributed by atoms with van der Waals surface area (Å²) in [6.07, 6.45) is 0. The summed E-state index contributed by atoms with van der Waals surface area (Å²) in [5, 5.41) is 0. The molecule has 0 spiro atoms. The fourth-order valence-corrected chi connectivity index (χ4v) is 2.55. The van der Waals surface area contributed by atoms with Crippen LogP contribution in [0.15, 0.2) is 45.3 Å². The lowest BCUT2D eigenvalue weighted by molar-refractivity contribution is 0.103. The van der Waals surface area contributed by atoms with Gasteiger partial charge in [-0.05, 0) is 30.3 Å². The second-order valence-corrected chi connectivity index (χ2v) is 5.82. The molecule has 0 heterocycles. The highest BCUT2D eigenvalue weighted by atomic mass is 79.9. The summed E-state index contributed by atoms with van der Waals surface area (Å²) in [6.45, 7) is 0. The van der Waals surface area contributed by atoms with Gasteiger partial charge in [0.2, 0.25) is 0 Å². The molecule has 0 aliphatic carbocycles. The molecule has 0 unspecified atom stereocenters. The zero-order valence-electron chi connectivity index (χ0n) is 10.9. The Kier molecular flexibility index (Phi) is 4.83. The van der Waals surface area contributed by atoms with E-state index in [1.807, 2.05) is 12.1 Å². The van der Waals surface area contributed by atoms with Gasteiger partial charge in [-0.3, -0.25) is 4.79 Å². The van der Waals surface area contributed by atoms with Crippen molar-refractivity contribution >= 4 is 37.6 Å². The van der Waals surface area contributed by atoms with E-state index in [0.29, 0.717) is 22.6 Å². The van der Waals surface area contributed by atoms with Gasteiger partial charge < -0.3 is 9.47 Å². The third-order valence-electron chi connectivity index (χ3n) is 2.79. The van der Waals surface area contributed by atoms with Gasteiger partial charge in [-0.1, -0.05) is 31.9 Å². The maximum absolute atomic E-state index is 12.6. The Labute approximate surface area is 134 Å². The molecular weight excluding hydrogens is 388 g/mol. The van der Waals surface area contributed by atoms with Crippen LogP contribution in [0.25, 0.3) is 0 Å². The van der Waals surface area contributed by atoms with Crippen LogP contribution in [0.5, 0.6) is 11.5 Å². The lowest BCUT2D eigenvalue weighted by Gasteiger charge is -2.09. The van der Waals surface area contributed by atoms with E-state index < -0.39 is 0 Å². The van der Waals surface area contributed by atoms with Crippen molar-refractivity contribution < 1.29 is 14.3 Å². The highest BCUT2D eigenvalue weighted by Gasteiger charge is 2.15. The minimum atomic E-state index is -0.102. The van der Waals surface area contributed by atoms with Crippen LogP contribution < -0.4 is 9.47 Å². The Hall–Kier alpha value is -1.33. The van der Waals surface area contributed by atoms with E-state index in [1.165, 1.54) is 0 Å². The standard InChI is InChI=1S/C15H12Br2O3/c1-19-11-5-9(6-12(8-11)20-2)15(18)13-7-10(16)3-4-14(13)17/h3-8H,1-2H3. The van der Waals surface area contributed by atoms with Gasteiger partial charge in [-0.2, -0.15) is 0 Å². The molecule has 0 amide bonds. The Morgan fingerprint density at radius 3 is 2.10 bits per heavy atom. The van der Waals surface area contributed by atoms with Gasteiger partial charge in [0.15, 0.2) is 5.78 Å². The number of methoxy groups -OCH3 is 2. The SMILES string of the molecule is COc1cc(OC)cc(C(=O)c2cc(Br)ccc2Br)c1. The van der Waals surface area contributed by atoms with Crippen LogP contribution in [0.1, 0.15) is 15.9 Å². The van der Waals surface area contributed by atoms with Crippen LogP contribution >= 0.6 is 31.9 Å². The van der Waals surface area contributed by atoms with Crippen LogP contribution in [0.2, 0.25) is 0 Å². The summed E-state index contributed by atoms with van der Waals surface area (Å²) in [5.74, 6) is 1.06. The molecule has 0 aromatic heterocycles. The molecule has 0 saturated carbocycles. The highest BCUT2D eigenvalue weighted by molar-refractivity contribution is 9.11. The predicted octanol–water partition coefficient (Wildman–Crippen LogP) is 4.46. The molecule has 104 valence electrons. The number of halogens is 2. The van der Waals surface area contributed by atoms with Gasteiger partial charge in [0.1, 0.15) is 11.5 Å². The van der Waals surface area contributed by atoms with E-state index in [1.54, 1.807) is 38.5 Å². The van der Waals surface area contributed by atoms with Gasteiger partial charge in [0.25, 0.3) is 0 Å². The van der Waals surface area contributed by atoms with Crippen molar-refractivity contribution in [1.82, 2.24) is 0 Å². The van der Waals surface area contributed by atoms with Crippen LogP contribution in [-0.4, -0.2) is 20.0 Å². The lowest BCUT2D eigenvalue weighted by atomic mass is 10.0.